The number of benzene rings is 2. The van der Waals surface area contributed by atoms with Gasteiger partial charge in [0.1, 0.15) is 5.69 Å². The van der Waals surface area contributed by atoms with E-state index in [2.05, 4.69) is 15.3 Å². The fourth-order valence-electron chi connectivity index (χ4n) is 2.77. The highest BCUT2D eigenvalue weighted by atomic mass is 32.1. The van der Waals surface area contributed by atoms with Crippen molar-refractivity contribution in [3.8, 4) is 0 Å². The summed E-state index contributed by atoms with van der Waals surface area (Å²) in [6, 6.07) is 15.5. The molecule has 124 valence electrons. The van der Waals surface area contributed by atoms with Gasteiger partial charge in [0.25, 0.3) is 5.84 Å². The summed E-state index contributed by atoms with van der Waals surface area (Å²) in [6.45, 7) is 1.91. The van der Waals surface area contributed by atoms with Crippen molar-refractivity contribution in [1.82, 2.24) is 4.98 Å². The van der Waals surface area contributed by atoms with Crippen molar-refractivity contribution >= 4 is 40.1 Å². The molecular formula is C19H17N4OS+. The molecule has 1 atom stereocenters. The van der Waals surface area contributed by atoms with Crippen LogP contribution in [-0.2, 0) is 4.79 Å². The zero-order valence-corrected chi connectivity index (χ0v) is 14.5. The van der Waals surface area contributed by atoms with Crippen LogP contribution in [0.5, 0.6) is 0 Å². The van der Waals surface area contributed by atoms with E-state index in [9.17, 15) is 4.79 Å². The van der Waals surface area contributed by atoms with Crippen molar-refractivity contribution in [2.75, 3.05) is 5.32 Å². The molecular weight excluding hydrogens is 332 g/mol. The van der Waals surface area contributed by atoms with Crippen LogP contribution in [-0.4, -0.2) is 16.7 Å². The van der Waals surface area contributed by atoms with Gasteiger partial charge in [0.15, 0.2) is 11.4 Å². The summed E-state index contributed by atoms with van der Waals surface area (Å²) in [7, 11) is 0. The number of hydrogen-bond donors (Lipinski definition) is 2. The van der Waals surface area contributed by atoms with Gasteiger partial charge in [-0.15, -0.1) is 11.3 Å². The van der Waals surface area contributed by atoms with Crippen LogP contribution in [0.4, 0.5) is 17.1 Å². The monoisotopic (exact) mass is 349 g/mol. The Morgan fingerprint density at radius 1 is 1.20 bits per heavy atom. The van der Waals surface area contributed by atoms with Crippen molar-refractivity contribution < 1.29 is 10.1 Å². The lowest BCUT2D eigenvalue weighted by molar-refractivity contribution is -0.437. The van der Waals surface area contributed by atoms with Crippen LogP contribution in [0, 0.1) is 0 Å². The van der Waals surface area contributed by atoms with Gasteiger partial charge in [-0.3, -0.25) is 10.1 Å². The first kappa shape index (κ1) is 15.7. The molecule has 6 heteroatoms. The maximum Gasteiger partial charge on any atom is 0.257 e. The number of quaternary nitrogens is 1. The third kappa shape index (κ3) is 3.22. The number of carbonyl (C=O) groups is 1. The first-order valence-electron chi connectivity index (χ1n) is 8.02. The van der Waals surface area contributed by atoms with E-state index >= 15 is 0 Å². The Hall–Kier alpha value is -2.83. The third-order valence-electron chi connectivity index (χ3n) is 4.22. The highest BCUT2D eigenvalue weighted by Crippen LogP contribution is 2.29. The number of nitrogens with zero attached hydrogens (tertiary/aromatic N) is 2. The number of amides is 1. The minimum Gasteiger partial charge on any atom is -0.325 e. The van der Waals surface area contributed by atoms with Crippen LogP contribution in [0.2, 0.25) is 0 Å². The number of fused-ring (bicyclic) bond motifs is 1. The van der Waals surface area contributed by atoms with Crippen LogP contribution < -0.4 is 10.6 Å². The molecule has 0 fully saturated rings. The number of nitrogens with one attached hydrogen (secondary N) is 1. The van der Waals surface area contributed by atoms with E-state index in [1.165, 1.54) is 0 Å². The molecule has 3 aromatic rings. The maximum absolute atomic E-state index is 12.5. The number of nitrogens with two attached hydrogens (primary N) is 1. The van der Waals surface area contributed by atoms with Gasteiger partial charge in [-0.1, -0.05) is 30.3 Å². The minimum atomic E-state index is -0.208. The quantitative estimate of drug-likeness (QED) is 0.710. The lowest BCUT2D eigenvalue weighted by atomic mass is 10.0. The summed E-state index contributed by atoms with van der Waals surface area (Å²) in [5.74, 6) is 0.627. The largest absolute Gasteiger partial charge is 0.325 e. The van der Waals surface area contributed by atoms with E-state index < -0.39 is 0 Å². The molecule has 25 heavy (non-hydrogen) atoms. The first-order chi connectivity index (χ1) is 12.2. The zero-order chi connectivity index (χ0) is 17.2. The second kappa shape index (κ2) is 6.58. The van der Waals surface area contributed by atoms with Gasteiger partial charge in [-0.25, -0.2) is 4.98 Å². The van der Waals surface area contributed by atoms with Gasteiger partial charge < -0.3 is 5.32 Å². The van der Waals surface area contributed by atoms with Crippen molar-refractivity contribution in [1.29, 1.82) is 0 Å². The van der Waals surface area contributed by atoms with Gasteiger partial charge in [-0.05, 0) is 24.6 Å². The van der Waals surface area contributed by atoms with Gasteiger partial charge in [-0.2, -0.15) is 4.99 Å². The number of aliphatic imine (C=N–C) groups is 1. The summed E-state index contributed by atoms with van der Waals surface area (Å²) >= 11 is 1.55. The van der Waals surface area contributed by atoms with Crippen molar-refractivity contribution in [3.63, 3.8) is 0 Å². The van der Waals surface area contributed by atoms with E-state index in [-0.39, 0.29) is 11.8 Å². The molecule has 2 aromatic carbocycles. The number of thiazole rings is 1. The van der Waals surface area contributed by atoms with Crippen molar-refractivity contribution in [2.24, 2.45) is 4.99 Å². The fraction of sp³-hybridized carbons (Fsp3) is 0.105. The Morgan fingerprint density at radius 2 is 2.04 bits per heavy atom. The van der Waals surface area contributed by atoms with Gasteiger partial charge >= 0.3 is 0 Å². The summed E-state index contributed by atoms with van der Waals surface area (Å²) < 4.78 is 0. The normalized spacial score (nSPS) is 13.9. The van der Waals surface area contributed by atoms with Crippen LogP contribution in [0.25, 0.3) is 0 Å². The summed E-state index contributed by atoms with van der Waals surface area (Å²) in [5, 5.41) is 6.97. The molecule has 2 heterocycles. The van der Waals surface area contributed by atoms with E-state index in [1.807, 2.05) is 66.2 Å². The summed E-state index contributed by atoms with van der Waals surface area (Å²) in [5.41, 5.74) is 6.35. The van der Waals surface area contributed by atoms with Gasteiger partial charge in [0, 0.05) is 17.1 Å². The van der Waals surface area contributed by atoms with Crippen molar-refractivity contribution in [3.05, 3.63) is 70.7 Å². The third-order valence-corrected chi connectivity index (χ3v) is 4.80. The number of rotatable bonds is 4. The standard InChI is InChI=1S/C19H16N4OS/c1-12(13-5-3-2-4-6-13)19(24)21-14-7-8-15-16(9-14)23-18(22-15)17-10-25-11-20-17/h2-12H,1H3,(H,21,24)(H,22,23)/p+1. The summed E-state index contributed by atoms with van der Waals surface area (Å²) in [4.78, 5) is 21.4. The Morgan fingerprint density at radius 3 is 2.80 bits per heavy atom. The smallest absolute Gasteiger partial charge is 0.257 e. The molecule has 0 saturated carbocycles. The second-order valence-electron chi connectivity index (χ2n) is 5.91. The van der Waals surface area contributed by atoms with E-state index in [0.29, 0.717) is 0 Å². The Balaban J connectivity index is 1.48. The molecule has 0 spiro atoms. The first-order valence-corrected chi connectivity index (χ1v) is 8.97. The predicted octanol–water partition coefficient (Wildman–Crippen LogP) is 3.17. The lowest BCUT2D eigenvalue weighted by Crippen LogP contribution is -2.80. The molecule has 4 rings (SSSR count). The Labute approximate surface area is 149 Å². The average molecular weight is 349 g/mol. The lowest BCUT2D eigenvalue weighted by Gasteiger charge is -2.12. The average Bonchev–Trinajstić information content (AvgIpc) is 3.30. The maximum atomic E-state index is 12.5. The molecule has 1 aliphatic heterocycles. The second-order valence-corrected chi connectivity index (χ2v) is 6.63. The number of amidine groups is 1. The SMILES string of the molecule is CC(C(=O)Nc1ccc2c(c1)[NH2+]C(c1cscn1)=N2)c1ccccc1. The van der Waals surface area contributed by atoms with Crippen LogP contribution >= 0.6 is 11.3 Å². The van der Waals surface area contributed by atoms with Gasteiger partial charge in [0.05, 0.1) is 11.4 Å². The summed E-state index contributed by atoms with van der Waals surface area (Å²) in [6.07, 6.45) is 0. The molecule has 0 bridgehead atoms. The minimum absolute atomic E-state index is 0.0233. The number of hydrogen-bond acceptors (Lipinski definition) is 4. The van der Waals surface area contributed by atoms with Crippen LogP contribution in [0.3, 0.4) is 0 Å². The molecule has 0 saturated heterocycles. The Kier molecular flexibility index (Phi) is 4.13. The number of aromatic nitrogens is 1. The number of anilines is 1. The zero-order valence-electron chi connectivity index (χ0n) is 13.6. The fourth-order valence-corrected chi connectivity index (χ4v) is 3.32. The molecule has 3 N–H and O–H groups in total. The van der Waals surface area contributed by atoms with E-state index in [1.54, 1.807) is 16.8 Å². The van der Waals surface area contributed by atoms with Gasteiger partial charge in [0.2, 0.25) is 5.91 Å². The van der Waals surface area contributed by atoms with E-state index in [0.717, 1.165) is 34.2 Å². The molecule has 0 radical (unpaired) electrons. The Bertz CT molecular complexity index is 935. The molecule has 5 nitrogen and oxygen atoms in total. The van der Waals surface area contributed by atoms with Crippen molar-refractivity contribution in [2.45, 2.75) is 12.8 Å². The number of carbonyl (C=O) groups excluding carboxylic acids is 1. The highest BCUT2D eigenvalue weighted by molar-refractivity contribution is 7.07. The van der Waals surface area contributed by atoms with E-state index in [4.69, 9.17) is 0 Å². The van der Waals surface area contributed by atoms with Crippen LogP contribution in [0.1, 0.15) is 24.1 Å². The topological polar surface area (TPSA) is 71.0 Å². The predicted molar refractivity (Wildman–Crippen MR) is 99.8 cm³/mol. The molecule has 1 unspecified atom stereocenters. The molecule has 1 aliphatic rings. The molecule has 1 aromatic heterocycles. The molecule has 0 aliphatic carbocycles. The molecule has 1 amide bonds. The van der Waals surface area contributed by atoms with Crippen LogP contribution in [0.15, 0.2) is 64.4 Å². The highest BCUT2D eigenvalue weighted by Gasteiger charge is 2.23.